The van der Waals surface area contributed by atoms with Gasteiger partial charge in [-0.2, -0.15) is 0 Å². The Kier molecular flexibility index (Phi) is 4.33. The molecule has 9 heteroatoms. The molecule has 0 atom stereocenters. The zero-order chi connectivity index (χ0) is 16.3. The van der Waals surface area contributed by atoms with Crippen LogP contribution in [0.25, 0.3) is 0 Å². The van der Waals surface area contributed by atoms with E-state index in [1.54, 1.807) is 0 Å². The molecule has 0 unspecified atom stereocenters. The van der Waals surface area contributed by atoms with Gasteiger partial charge in [0.05, 0.1) is 4.92 Å². The van der Waals surface area contributed by atoms with Gasteiger partial charge in [0.15, 0.2) is 0 Å². The highest BCUT2D eigenvalue weighted by Crippen LogP contribution is 2.28. The van der Waals surface area contributed by atoms with Gasteiger partial charge in [0.25, 0.3) is 5.69 Å². The lowest BCUT2D eigenvalue weighted by molar-refractivity contribution is -0.384. The van der Waals surface area contributed by atoms with Gasteiger partial charge in [-0.15, -0.1) is 0 Å². The first-order valence-electron chi connectivity index (χ1n) is 5.90. The molecule has 0 saturated carbocycles. The third-order valence-electron chi connectivity index (χ3n) is 2.56. The fourth-order valence-electron chi connectivity index (χ4n) is 1.69. The van der Waals surface area contributed by atoms with Crippen LogP contribution in [-0.2, 0) is 0 Å². The third-order valence-corrected chi connectivity index (χ3v) is 2.88. The van der Waals surface area contributed by atoms with Crippen molar-refractivity contribution in [2.45, 2.75) is 0 Å². The average molecular weight is 324 g/mol. The number of nitro benzene ring substituents is 1. The summed E-state index contributed by atoms with van der Waals surface area (Å²) < 4.78 is 0. The number of nitrogens with one attached hydrogen (secondary N) is 2. The van der Waals surface area contributed by atoms with E-state index in [-0.39, 0.29) is 33.6 Å². The number of benzene rings is 2. The molecule has 0 aromatic heterocycles. The van der Waals surface area contributed by atoms with Gasteiger partial charge in [0.2, 0.25) is 0 Å². The van der Waals surface area contributed by atoms with E-state index in [2.05, 4.69) is 10.6 Å². The molecule has 0 aliphatic carbocycles. The summed E-state index contributed by atoms with van der Waals surface area (Å²) in [5, 5.41) is 34.1. The second kappa shape index (κ2) is 6.19. The quantitative estimate of drug-likeness (QED) is 0.509. The molecule has 22 heavy (non-hydrogen) atoms. The molecule has 114 valence electrons. The van der Waals surface area contributed by atoms with E-state index in [1.165, 1.54) is 24.3 Å². The van der Waals surface area contributed by atoms with Crippen molar-refractivity contribution in [2.24, 2.45) is 0 Å². The van der Waals surface area contributed by atoms with Gasteiger partial charge in [0, 0.05) is 35.6 Å². The molecule has 2 rings (SSSR count). The lowest BCUT2D eigenvalue weighted by Crippen LogP contribution is -2.19. The Balaban J connectivity index is 2.12. The number of phenolic OH excluding ortho intramolecular Hbond substituents is 2. The summed E-state index contributed by atoms with van der Waals surface area (Å²) in [5.74, 6) is -0.449. The first-order valence-corrected chi connectivity index (χ1v) is 6.28. The van der Waals surface area contributed by atoms with E-state index in [0.717, 1.165) is 12.1 Å². The maximum atomic E-state index is 11.8. The standard InChI is InChI=1S/C13H10ClN3O5/c14-11-2-1-7(5-12(11)17(21)22)15-13(20)16-8-3-9(18)6-10(19)4-8/h1-6,18-19H,(H2,15,16,20). The predicted molar refractivity (Wildman–Crippen MR) is 80.5 cm³/mol. The number of nitro groups is 1. The molecule has 4 N–H and O–H groups in total. The Morgan fingerprint density at radius 3 is 2.23 bits per heavy atom. The van der Waals surface area contributed by atoms with Gasteiger partial charge in [0.1, 0.15) is 16.5 Å². The largest absolute Gasteiger partial charge is 0.508 e. The summed E-state index contributed by atoms with van der Waals surface area (Å²) in [6.45, 7) is 0. The lowest BCUT2D eigenvalue weighted by Gasteiger charge is -2.08. The van der Waals surface area contributed by atoms with Crippen LogP contribution in [0.5, 0.6) is 11.5 Å². The second-order valence-electron chi connectivity index (χ2n) is 4.24. The number of halogens is 1. The van der Waals surface area contributed by atoms with E-state index in [0.29, 0.717) is 0 Å². The molecular formula is C13H10ClN3O5. The SMILES string of the molecule is O=C(Nc1cc(O)cc(O)c1)Nc1ccc(Cl)c([N+](=O)[O-])c1. The number of rotatable bonds is 3. The van der Waals surface area contributed by atoms with Crippen molar-refractivity contribution in [3.8, 4) is 11.5 Å². The molecule has 0 aliphatic heterocycles. The highest BCUT2D eigenvalue weighted by molar-refractivity contribution is 6.32. The minimum Gasteiger partial charge on any atom is -0.508 e. The summed E-state index contributed by atoms with van der Waals surface area (Å²) in [4.78, 5) is 21.9. The topological polar surface area (TPSA) is 125 Å². The molecule has 0 spiro atoms. The molecule has 0 radical (unpaired) electrons. The number of anilines is 2. The number of hydrogen-bond donors (Lipinski definition) is 4. The normalized spacial score (nSPS) is 10.0. The van der Waals surface area contributed by atoms with Gasteiger partial charge in [-0.1, -0.05) is 11.6 Å². The van der Waals surface area contributed by atoms with Crippen molar-refractivity contribution in [3.63, 3.8) is 0 Å². The molecule has 0 bridgehead atoms. The van der Waals surface area contributed by atoms with Gasteiger partial charge < -0.3 is 20.8 Å². The van der Waals surface area contributed by atoms with Crippen molar-refractivity contribution in [2.75, 3.05) is 10.6 Å². The van der Waals surface area contributed by atoms with Crippen molar-refractivity contribution < 1.29 is 19.9 Å². The number of hydrogen-bond acceptors (Lipinski definition) is 5. The summed E-state index contributed by atoms with van der Waals surface area (Å²) in [6.07, 6.45) is 0. The number of urea groups is 1. The molecule has 0 saturated heterocycles. The zero-order valence-electron chi connectivity index (χ0n) is 10.9. The Bertz CT molecular complexity index is 730. The molecule has 0 heterocycles. The van der Waals surface area contributed by atoms with Crippen molar-refractivity contribution >= 4 is 34.7 Å². The molecule has 0 fully saturated rings. The van der Waals surface area contributed by atoms with Crippen LogP contribution in [0.1, 0.15) is 0 Å². The lowest BCUT2D eigenvalue weighted by atomic mass is 10.2. The minimum absolute atomic E-state index is 0.0473. The maximum Gasteiger partial charge on any atom is 0.323 e. The summed E-state index contributed by atoms with van der Waals surface area (Å²) in [7, 11) is 0. The Morgan fingerprint density at radius 1 is 1.05 bits per heavy atom. The monoisotopic (exact) mass is 323 g/mol. The molecule has 2 aromatic rings. The Hall–Kier alpha value is -3.00. The van der Waals surface area contributed by atoms with Crippen LogP contribution in [0.4, 0.5) is 21.9 Å². The maximum absolute atomic E-state index is 11.8. The summed E-state index contributed by atoms with van der Waals surface area (Å²) in [6, 6.07) is 6.65. The second-order valence-corrected chi connectivity index (χ2v) is 4.65. The van der Waals surface area contributed by atoms with Crippen molar-refractivity contribution in [1.29, 1.82) is 0 Å². The van der Waals surface area contributed by atoms with Gasteiger partial charge in [-0.05, 0) is 12.1 Å². The minimum atomic E-state index is -0.707. The van der Waals surface area contributed by atoms with Crippen LogP contribution in [0.15, 0.2) is 36.4 Å². The van der Waals surface area contributed by atoms with E-state index in [4.69, 9.17) is 11.6 Å². The number of phenols is 2. The number of carbonyl (C=O) groups excluding carboxylic acids is 1. The van der Waals surface area contributed by atoms with Gasteiger partial charge in [-0.3, -0.25) is 10.1 Å². The van der Waals surface area contributed by atoms with Crippen molar-refractivity contribution in [3.05, 3.63) is 51.5 Å². The first kappa shape index (κ1) is 15.4. The van der Waals surface area contributed by atoms with E-state index >= 15 is 0 Å². The van der Waals surface area contributed by atoms with Crippen LogP contribution in [0.2, 0.25) is 5.02 Å². The number of carbonyl (C=O) groups is 1. The van der Waals surface area contributed by atoms with E-state index in [9.17, 15) is 25.1 Å². The number of nitrogens with zero attached hydrogens (tertiary/aromatic N) is 1. The zero-order valence-corrected chi connectivity index (χ0v) is 11.7. The number of aromatic hydroxyl groups is 2. The van der Waals surface area contributed by atoms with Gasteiger partial charge >= 0.3 is 6.03 Å². The molecule has 2 aromatic carbocycles. The average Bonchev–Trinajstić information content (AvgIpc) is 2.39. The van der Waals surface area contributed by atoms with Crippen molar-refractivity contribution in [1.82, 2.24) is 0 Å². The molecule has 0 aliphatic rings. The fraction of sp³-hybridized carbons (Fsp3) is 0. The fourth-order valence-corrected chi connectivity index (χ4v) is 1.88. The smallest absolute Gasteiger partial charge is 0.323 e. The van der Waals surface area contributed by atoms with E-state index in [1.807, 2.05) is 0 Å². The van der Waals surface area contributed by atoms with Gasteiger partial charge in [-0.25, -0.2) is 4.79 Å². The Labute approximate surface area is 129 Å². The molecule has 2 amide bonds. The molecular weight excluding hydrogens is 314 g/mol. The molecule has 8 nitrogen and oxygen atoms in total. The summed E-state index contributed by atoms with van der Waals surface area (Å²) >= 11 is 5.67. The van der Waals surface area contributed by atoms with Crippen LogP contribution in [0.3, 0.4) is 0 Å². The first-order chi connectivity index (χ1) is 10.3. The Morgan fingerprint density at radius 2 is 1.64 bits per heavy atom. The van der Waals surface area contributed by atoms with Crippen LogP contribution in [0, 0.1) is 10.1 Å². The van der Waals surface area contributed by atoms with Crippen LogP contribution >= 0.6 is 11.6 Å². The number of amides is 2. The summed E-state index contributed by atoms with van der Waals surface area (Å²) in [5.41, 5.74) is -0.0223. The predicted octanol–water partition coefficient (Wildman–Crippen LogP) is 3.30. The van der Waals surface area contributed by atoms with Crippen LogP contribution < -0.4 is 10.6 Å². The third kappa shape index (κ3) is 3.76. The van der Waals surface area contributed by atoms with Crippen LogP contribution in [-0.4, -0.2) is 21.2 Å². The van der Waals surface area contributed by atoms with E-state index < -0.39 is 11.0 Å². The highest BCUT2D eigenvalue weighted by Gasteiger charge is 2.14. The highest BCUT2D eigenvalue weighted by atomic mass is 35.5.